The van der Waals surface area contributed by atoms with Crippen molar-refractivity contribution in [2.24, 2.45) is 64.9 Å². The fourth-order valence-corrected chi connectivity index (χ4v) is 8.81. The van der Waals surface area contributed by atoms with Crippen LogP contribution in [0.25, 0.3) is 0 Å². The van der Waals surface area contributed by atoms with E-state index in [1.165, 1.54) is 110 Å². The zero-order valence-corrected chi connectivity index (χ0v) is 24.1. The minimum absolute atomic E-state index is 0.701. The lowest BCUT2D eigenvalue weighted by molar-refractivity contribution is 0.163. The van der Waals surface area contributed by atoms with E-state index in [-0.39, 0.29) is 0 Å². The first-order valence-corrected chi connectivity index (χ1v) is 16.0. The standard InChI is InChI=1S/C31H61N5/c1-22(5-26-6-23(2)14-33-16-26)4-25(13-32)8-28-10-30(20-35-18-28)12-31-11-29(19-36-21-31)9-27-7-24(3)15-34-17-27/h22-31,33-36H,4-21,32H2,1-3H3. The van der Waals surface area contributed by atoms with Crippen molar-refractivity contribution in [1.82, 2.24) is 21.3 Å². The van der Waals surface area contributed by atoms with Gasteiger partial charge in [0.2, 0.25) is 0 Å². The van der Waals surface area contributed by atoms with Gasteiger partial charge in [-0.05, 0) is 176 Å². The van der Waals surface area contributed by atoms with Gasteiger partial charge in [-0.1, -0.05) is 20.8 Å². The summed E-state index contributed by atoms with van der Waals surface area (Å²) in [5, 5.41) is 15.0. The highest BCUT2D eigenvalue weighted by Crippen LogP contribution is 2.34. The maximum absolute atomic E-state index is 6.33. The molecule has 6 N–H and O–H groups in total. The predicted octanol–water partition coefficient (Wildman–Crippen LogP) is 4.09. The Morgan fingerprint density at radius 3 is 1.53 bits per heavy atom. The van der Waals surface area contributed by atoms with Crippen molar-refractivity contribution in [2.75, 3.05) is 58.9 Å². The van der Waals surface area contributed by atoms with Gasteiger partial charge in [0.05, 0.1) is 0 Å². The molecule has 4 aliphatic rings. The van der Waals surface area contributed by atoms with Crippen molar-refractivity contribution in [1.29, 1.82) is 0 Å². The maximum Gasteiger partial charge on any atom is -0.00202 e. The average molecular weight is 504 g/mol. The number of nitrogens with one attached hydrogen (secondary N) is 4. The van der Waals surface area contributed by atoms with Crippen molar-refractivity contribution in [3.8, 4) is 0 Å². The Balaban J connectivity index is 1.17. The second-order valence-corrected chi connectivity index (χ2v) is 14.4. The van der Waals surface area contributed by atoms with Crippen molar-refractivity contribution in [3.63, 3.8) is 0 Å². The third-order valence-corrected chi connectivity index (χ3v) is 10.2. The van der Waals surface area contributed by atoms with E-state index in [4.69, 9.17) is 5.73 Å². The van der Waals surface area contributed by atoms with Crippen LogP contribution in [0.4, 0.5) is 0 Å². The zero-order valence-electron chi connectivity index (χ0n) is 24.1. The van der Waals surface area contributed by atoms with E-state index in [2.05, 4.69) is 42.0 Å². The highest BCUT2D eigenvalue weighted by Gasteiger charge is 2.31. The van der Waals surface area contributed by atoms with Crippen molar-refractivity contribution < 1.29 is 0 Å². The van der Waals surface area contributed by atoms with E-state index in [1.54, 1.807) is 0 Å². The van der Waals surface area contributed by atoms with E-state index < -0.39 is 0 Å². The minimum atomic E-state index is 0.701. The molecule has 4 fully saturated rings. The normalized spacial score (nSPS) is 40.0. The van der Waals surface area contributed by atoms with Gasteiger partial charge in [-0.25, -0.2) is 0 Å². The van der Waals surface area contributed by atoms with Gasteiger partial charge in [0, 0.05) is 0 Å². The molecule has 0 radical (unpaired) electrons. The molecule has 4 rings (SSSR count). The first-order valence-electron chi connectivity index (χ1n) is 16.0. The van der Waals surface area contributed by atoms with E-state index in [1.807, 2.05) is 0 Å². The molecule has 10 unspecified atom stereocenters. The molecule has 5 nitrogen and oxygen atoms in total. The summed E-state index contributed by atoms with van der Waals surface area (Å²) in [6, 6.07) is 0. The van der Waals surface area contributed by atoms with Crippen LogP contribution in [-0.2, 0) is 0 Å². The van der Waals surface area contributed by atoms with E-state index in [0.717, 1.165) is 59.8 Å². The smallest absolute Gasteiger partial charge is 0.00202 e. The van der Waals surface area contributed by atoms with Crippen molar-refractivity contribution in [3.05, 3.63) is 0 Å². The van der Waals surface area contributed by atoms with Crippen LogP contribution in [0.1, 0.15) is 78.6 Å². The maximum atomic E-state index is 6.33. The van der Waals surface area contributed by atoms with Crippen LogP contribution in [0.2, 0.25) is 0 Å². The summed E-state index contributed by atoms with van der Waals surface area (Å²) in [7, 11) is 0. The quantitative estimate of drug-likeness (QED) is 0.294. The fourth-order valence-electron chi connectivity index (χ4n) is 8.81. The summed E-state index contributed by atoms with van der Waals surface area (Å²) in [5.74, 6) is 8.41. The van der Waals surface area contributed by atoms with Crippen LogP contribution < -0.4 is 27.0 Å². The third kappa shape index (κ3) is 9.52. The Bertz CT molecular complexity index is 602. The highest BCUT2D eigenvalue weighted by atomic mass is 14.9. The van der Waals surface area contributed by atoms with Crippen LogP contribution >= 0.6 is 0 Å². The zero-order chi connectivity index (χ0) is 25.3. The second kappa shape index (κ2) is 14.8. The van der Waals surface area contributed by atoms with Crippen LogP contribution in [-0.4, -0.2) is 58.9 Å². The summed E-state index contributed by atoms with van der Waals surface area (Å²) < 4.78 is 0. The van der Waals surface area contributed by atoms with Crippen LogP contribution in [0.5, 0.6) is 0 Å². The van der Waals surface area contributed by atoms with E-state index in [0.29, 0.717) is 5.92 Å². The fraction of sp³-hybridized carbons (Fsp3) is 1.00. The SMILES string of the molecule is CC1CNCC(CC(C)CC(CN)CC2CNCC(CC3CNCC(CC4CNCC(C)C4)C3)C2)C1. The topological polar surface area (TPSA) is 74.1 Å². The molecule has 0 bridgehead atoms. The lowest BCUT2D eigenvalue weighted by Gasteiger charge is -2.38. The molecular weight excluding hydrogens is 442 g/mol. The highest BCUT2D eigenvalue weighted by molar-refractivity contribution is 4.86. The van der Waals surface area contributed by atoms with Gasteiger partial charge in [-0.2, -0.15) is 0 Å². The number of hydrogen-bond acceptors (Lipinski definition) is 5. The van der Waals surface area contributed by atoms with Gasteiger partial charge >= 0.3 is 0 Å². The van der Waals surface area contributed by atoms with Gasteiger partial charge in [-0.15, -0.1) is 0 Å². The molecule has 0 aliphatic carbocycles. The van der Waals surface area contributed by atoms with Gasteiger partial charge in [-0.3, -0.25) is 0 Å². The summed E-state index contributed by atoms with van der Waals surface area (Å²) in [6.07, 6.45) is 12.6. The summed E-state index contributed by atoms with van der Waals surface area (Å²) in [4.78, 5) is 0. The van der Waals surface area contributed by atoms with Gasteiger partial charge < -0.3 is 27.0 Å². The molecule has 0 aromatic heterocycles. The lowest BCUT2D eigenvalue weighted by Crippen LogP contribution is -2.43. The van der Waals surface area contributed by atoms with Crippen LogP contribution in [0.3, 0.4) is 0 Å². The predicted molar refractivity (Wildman–Crippen MR) is 154 cm³/mol. The Kier molecular flexibility index (Phi) is 11.9. The summed E-state index contributed by atoms with van der Waals surface area (Å²) in [6.45, 7) is 18.0. The Morgan fingerprint density at radius 2 is 1.00 bits per heavy atom. The molecule has 0 saturated carbocycles. The molecule has 4 saturated heterocycles. The number of nitrogens with two attached hydrogens (primary N) is 1. The number of piperidine rings is 4. The third-order valence-electron chi connectivity index (χ3n) is 10.2. The van der Waals surface area contributed by atoms with Crippen LogP contribution in [0.15, 0.2) is 0 Å². The molecule has 0 aromatic carbocycles. The summed E-state index contributed by atoms with van der Waals surface area (Å²) >= 11 is 0. The van der Waals surface area contributed by atoms with E-state index >= 15 is 0 Å². The number of rotatable bonds is 11. The Morgan fingerprint density at radius 1 is 0.583 bits per heavy atom. The van der Waals surface area contributed by atoms with Gasteiger partial charge in [0.1, 0.15) is 0 Å². The average Bonchev–Trinajstić information content (AvgIpc) is 2.84. The Labute approximate surface area is 223 Å². The molecule has 210 valence electrons. The van der Waals surface area contributed by atoms with Crippen molar-refractivity contribution >= 4 is 0 Å². The first-order chi connectivity index (χ1) is 17.5. The molecule has 5 heteroatoms. The molecule has 36 heavy (non-hydrogen) atoms. The number of hydrogen-bond donors (Lipinski definition) is 5. The van der Waals surface area contributed by atoms with Crippen LogP contribution in [0, 0.1) is 59.2 Å². The molecule has 4 aliphatic heterocycles. The van der Waals surface area contributed by atoms with Gasteiger partial charge in [0.25, 0.3) is 0 Å². The summed E-state index contributed by atoms with van der Waals surface area (Å²) in [5.41, 5.74) is 6.33. The molecule has 0 aromatic rings. The second-order valence-electron chi connectivity index (χ2n) is 14.4. The minimum Gasteiger partial charge on any atom is -0.330 e. The van der Waals surface area contributed by atoms with Gasteiger partial charge in [0.15, 0.2) is 0 Å². The van der Waals surface area contributed by atoms with Crippen molar-refractivity contribution in [2.45, 2.75) is 78.6 Å². The largest absolute Gasteiger partial charge is 0.330 e. The molecule has 0 spiro atoms. The monoisotopic (exact) mass is 503 g/mol. The molecule has 10 atom stereocenters. The lowest BCUT2D eigenvalue weighted by atomic mass is 9.75. The Hall–Kier alpha value is -0.200. The first kappa shape index (κ1) is 28.8. The molecular formula is C31H61N5. The van der Waals surface area contributed by atoms with E-state index in [9.17, 15) is 0 Å². The molecule has 4 heterocycles. The molecule has 0 amide bonds.